The molecule has 0 amide bonds. The molecule has 1 aliphatic rings. The summed E-state index contributed by atoms with van der Waals surface area (Å²) in [6.45, 7) is 7.29. The van der Waals surface area contributed by atoms with Crippen molar-refractivity contribution in [3.63, 3.8) is 0 Å². The standard InChI is InChI=1S/C14H21N3O2/c1-3-19-14(18)13-9-15-7-8-17(13)10-12-6-4-5-11(2)16-12/h4-6,13,15H,3,7-10H2,1-2H3. The van der Waals surface area contributed by atoms with E-state index >= 15 is 0 Å². The van der Waals surface area contributed by atoms with Crippen LogP contribution in [-0.2, 0) is 16.1 Å². The van der Waals surface area contributed by atoms with E-state index in [1.54, 1.807) is 0 Å². The van der Waals surface area contributed by atoms with Crippen LogP contribution in [0.1, 0.15) is 18.3 Å². The molecular formula is C14H21N3O2. The number of carbonyl (C=O) groups is 1. The Hall–Kier alpha value is -1.46. The van der Waals surface area contributed by atoms with Crippen LogP contribution in [0.2, 0.25) is 0 Å². The van der Waals surface area contributed by atoms with E-state index in [-0.39, 0.29) is 12.0 Å². The summed E-state index contributed by atoms with van der Waals surface area (Å²) in [5.74, 6) is -0.151. The number of nitrogens with one attached hydrogen (secondary N) is 1. The number of hydrogen-bond donors (Lipinski definition) is 1. The average Bonchev–Trinajstić information content (AvgIpc) is 2.39. The summed E-state index contributed by atoms with van der Waals surface area (Å²) < 4.78 is 5.13. The molecule has 2 rings (SSSR count). The fraction of sp³-hybridized carbons (Fsp3) is 0.571. The molecule has 0 radical (unpaired) electrons. The number of pyridine rings is 1. The molecule has 104 valence electrons. The van der Waals surface area contributed by atoms with Crippen molar-refractivity contribution in [1.82, 2.24) is 15.2 Å². The van der Waals surface area contributed by atoms with Crippen LogP contribution in [0.3, 0.4) is 0 Å². The van der Waals surface area contributed by atoms with Crippen molar-refractivity contribution < 1.29 is 9.53 Å². The molecule has 2 heterocycles. The van der Waals surface area contributed by atoms with Crippen LogP contribution in [0.15, 0.2) is 18.2 Å². The molecule has 0 aromatic carbocycles. The van der Waals surface area contributed by atoms with Crippen molar-refractivity contribution in [3.05, 3.63) is 29.6 Å². The molecule has 0 saturated carbocycles. The monoisotopic (exact) mass is 263 g/mol. The number of ether oxygens (including phenoxy) is 1. The zero-order chi connectivity index (χ0) is 13.7. The maximum atomic E-state index is 11.9. The first-order valence-corrected chi connectivity index (χ1v) is 6.74. The summed E-state index contributed by atoms with van der Waals surface area (Å²) in [6, 6.07) is 5.76. The summed E-state index contributed by atoms with van der Waals surface area (Å²) in [5.41, 5.74) is 2.00. The van der Waals surface area contributed by atoms with E-state index in [4.69, 9.17) is 4.74 Å². The van der Waals surface area contributed by atoms with Crippen molar-refractivity contribution in [3.8, 4) is 0 Å². The SMILES string of the molecule is CCOC(=O)C1CNCCN1Cc1cccc(C)n1. The molecule has 5 heteroatoms. The van der Waals surface area contributed by atoms with Gasteiger partial charge in [0.1, 0.15) is 6.04 Å². The third-order valence-electron chi connectivity index (χ3n) is 3.22. The Morgan fingerprint density at radius 1 is 1.58 bits per heavy atom. The number of hydrogen-bond acceptors (Lipinski definition) is 5. The second-order valence-corrected chi connectivity index (χ2v) is 4.71. The predicted octanol–water partition coefficient (Wildman–Crippen LogP) is 0.727. The zero-order valence-corrected chi connectivity index (χ0v) is 11.6. The highest BCUT2D eigenvalue weighted by molar-refractivity contribution is 5.76. The van der Waals surface area contributed by atoms with Gasteiger partial charge in [-0.2, -0.15) is 0 Å². The van der Waals surface area contributed by atoms with Crippen LogP contribution < -0.4 is 5.32 Å². The zero-order valence-electron chi connectivity index (χ0n) is 11.6. The molecule has 1 aliphatic heterocycles. The van der Waals surface area contributed by atoms with Crippen LogP contribution in [0, 0.1) is 6.92 Å². The third-order valence-corrected chi connectivity index (χ3v) is 3.22. The Labute approximate surface area is 114 Å². The van der Waals surface area contributed by atoms with Gasteiger partial charge in [0.2, 0.25) is 0 Å². The molecule has 1 atom stereocenters. The Morgan fingerprint density at radius 2 is 2.42 bits per heavy atom. The highest BCUT2D eigenvalue weighted by Crippen LogP contribution is 2.10. The molecule has 0 spiro atoms. The van der Waals surface area contributed by atoms with E-state index in [0.717, 1.165) is 24.5 Å². The average molecular weight is 263 g/mol. The van der Waals surface area contributed by atoms with Crippen LogP contribution in [0.5, 0.6) is 0 Å². The lowest BCUT2D eigenvalue weighted by atomic mass is 10.1. The van der Waals surface area contributed by atoms with Gasteiger partial charge in [0.05, 0.1) is 12.3 Å². The van der Waals surface area contributed by atoms with Gasteiger partial charge in [-0.1, -0.05) is 6.07 Å². The van der Waals surface area contributed by atoms with E-state index in [1.165, 1.54) is 0 Å². The number of carbonyl (C=O) groups excluding carboxylic acids is 1. The normalized spacial score (nSPS) is 20.2. The molecule has 1 N–H and O–H groups in total. The second kappa shape index (κ2) is 6.63. The Bertz CT molecular complexity index is 436. The maximum Gasteiger partial charge on any atom is 0.324 e. The summed E-state index contributed by atoms with van der Waals surface area (Å²) in [7, 11) is 0. The molecule has 1 saturated heterocycles. The summed E-state index contributed by atoms with van der Waals surface area (Å²) >= 11 is 0. The minimum atomic E-state index is -0.212. The van der Waals surface area contributed by atoms with Gasteiger partial charge in [-0.05, 0) is 26.0 Å². The molecule has 1 unspecified atom stereocenters. The minimum Gasteiger partial charge on any atom is -0.465 e. The highest BCUT2D eigenvalue weighted by atomic mass is 16.5. The van der Waals surface area contributed by atoms with Crippen LogP contribution >= 0.6 is 0 Å². The van der Waals surface area contributed by atoms with Gasteiger partial charge in [0.25, 0.3) is 0 Å². The van der Waals surface area contributed by atoms with Gasteiger partial charge in [-0.25, -0.2) is 0 Å². The van der Waals surface area contributed by atoms with E-state index < -0.39 is 0 Å². The van der Waals surface area contributed by atoms with E-state index in [0.29, 0.717) is 19.7 Å². The van der Waals surface area contributed by atoms with E-state index in [9.17, 15) is 4.79 Å². The molecule has 19 heavy (non-hydrogen) atoms. The molecule has 0 aliphatic carbocycles. The quantitative estimate of drug-likeness (QED) is 0.812. The molecule has 1 aromatic rings. The van der Waals surface area contributed by atoms with Gasteiger partial charge < -0.3 is 10.1 Å². The Balaban J connectivity index is 2.05. The lowest BCUT2D eigenvalue weighted by molar-refractivity contribution is -0.150. The first-order valence-electron chi connectivity index (χ1n) is 6.74. The lowest BCUT2D eigenvalue weighted by Gasteiger charge is -2.34. The summed E-state index contributed by atoms with van der Waals surface area (Å²) in [6.07, 6.45) is 0. The number of piperazine rings is 1. The van der Waals surface area contributed by atoms with E-state index in [2.05, 4.69) is 15.2 Å². The van der Waals surface area contributed by atoms with Gasteiger partial charge >= 0.3 is 5.97 Å². The van der Waals surface area contributed by atoms with Crippen molar-refractivity contribution in [1.29, 1.82) is 0 Å². The van der Waals surface area contributed by atoms with Gasteiger partial charge in [-0.3, -0.25) is 14.7 Å². The second-order valence-electron chi connectivity index (χ2n) is 4.71. The smallest absolute Gasteiger partial charge is 0.324 e. The largest absolute Gasteiger partial charge is 0.465 e. The predicted molar refractivity (Wildman–Crippen MR) is 72.7 cm³/mol. The van der Waals surface area contributed by atoms with E-state index in [1.807, 2.05) is 32.0 Å². The number of aromatic nitrogens is 1. The fourth-order valence-corrected chi connectivity index (χ4v) is 2.30. The van der Waals surface area contributed by atoms with Crippen LogP contribution in [0.25, 0.3) is 0 Å². The first kappa shape index (κ1) is 14.0. The fourth-order valence-electron chi connectivity index (χ4n) is 2.30. The summed E-state index contributed by atoms with van der Waals surface area (Å²) in [4.78, 5) is 18.6. The van der Waals surface area contributed by atoms with Crippen molar-refractivity contribution in [2.24, 2.45) is 0 Å². The number of rotatable bonds is 4. The topological polar surface area (TPSA) is 54.5 Å². The molecular weight excluding hydrogens is 242 g/mol. The third kappa shape index (κ3) is 3.75. The van der Waals surface area contributed by atoms with Crippen molar-refractivity contribution >= 4 is 5.97 Å². The highest BCUT2D eigenvalue weighted by Gasteiger charge is 2.29. The Kier molecular flexibility index (Phi) is 4.87. The maximum absolute atomic E-state index is 11.9. The molecule has 1 aromatic heterocycles. The lowest BCUT2D eigenvalue weighted by Crippen LogP contribution is -2.54. The minimum absolute atomic E-state index is 0.151. The number of nitrogens with zero attached hydrogens (tertiary/aromatic N) is 2. The number of aryl methyl sites for hydroxylation is 1. The van der Waals surface area contributed by atoms with Gasteiger partial charge in [0, 0.05) is 31.9 Å². The van der Waals surface area contributed by atoms with Crippen molar-refractivity contribution in [2.45, 2.75) is 26.4 Å². The molecule has 1 fully saturated rings. The van der Waals surface area contributed by atoms with Crippen LogP contribution in [0.4, 0.5) is 0 Å². The molecule has 5 nitrogen and oxygen atoms in total. The van der Waals surface area contributed by atoms with Gasteiger partial charge in [-0.15, -0.1) is 0 Å². The van der Waals surface area contributed by atoms with Crippen molar-refractivity contribution in [2.75, 3.05) is 26.2 Å². The van der Waals surface area contributed by atoms with Crippen LogP contribution in [-0.4, -0.2) is 48.1 Å². The summed E-state index contributed by atoms with van der Waals surface area (Å²) in [5, 5.41) is 3.24. The number of esters is 1. The first-order chi connectivity index (χ1) is 9.20. The van der Waals surface area contributed by atoms with Gasteiger partial charge in [0.15, 0.2) is 0 Å². The Morgan fingerprint density at radius 3 is 3.16 bits per heavy atom. The molecule has 0 bridgehead atoms.